The number of nitrogens with two attached hydrogens (primary N) is 1. The Labute approximate surface area is 118 Å². The summed E-state index contributed by atoms with van der Waals surface area (Å²) >= 11 is 3.46. The molecule has 1 aliphatic rings. The average Bonchev–Trinajstić information content (AvgIpc) is 2.91. The summed E-state index contributed by atoms with van der Waals surface area (Å²) in [5.41, 5.74) is 6.57. The van der Waals surface area contributed by atoms with Crippen LogP contribution in [-0.4, -0.2) is 26.9 Å². The predicted molar refractivity (Wildman–Crippen MR) is 73.4 cm³/mol. The van der Waals surface area contributed by atoms with Gasteiger partial charge < -0.3 is 19.8 Å². The van der Waals surface area contributed by atoms with Crippen LogP contribution in [0.25, 0.3) is 11.0 Å². The zero-order valence-corrected chi connectivity index (χ0v) is 11.9. The molecule has 0 unspecified atom stereocenters. The molecule has 0 spiro atoms. The third-order valence-corrected chi connectivity index (χ3v) is 4.09. The lowest BCUT2D eigenvalue weighted by Gasteiger charge is -2.13. The fourth-order valence-corrected chi connectivity index (χ4v) is 3.05. The first-order chi connectivity index (χ1) is 9.11. The van der Waals surface area contributed by atoms with Gasteiger partial charge in [-0.05, 0) is 28.3 Å². The number of hydrogen-bond acceptors (Lipinski definition) is 5. The van der Waals surface area contributed by atoms with Crippen LogP contribution in [0.5, 0.6) is 0 Å². The Bertz CT molecular complexity index is 642. The molecule has 2 aromatic rings. The summed E-state index contributed by atoms with van der Waals surface area (Å²) in [7, 11) is 0. The lowest BCUT2D eigenvalue weighted by molar-refractivity contribution is -0.120. The highest BCUT2D eigenvalue weighted by molar-refractivity contribution is 9.10. The van der Waals surface area contributed by atoms with Crippen LogP contribution >= 0.6 is 15.9 Å². The number of aldehydes is 1. The van der Waals surface area contributed by atoms with E-state index in [9.17, 15) is 4.79 Å². The maximum Gasteiger partial charge on any atom is 0.149 e. The second-order valence-corrected chi connectivity index (χ2v) is 5.60. The second-order valence-electron chi connectivity index (χ2n) is 4.75. The Balaban J connectivity index is 2.07. The molecule has 0 radical (unpaired) electrons. The quantitative estimate of drug-likeness (QED) is 0.853. The van der Waals surface area contributed by atoms with Gasteiger partial charge in [0.05, 0.1) is 5.39 Å². The highest BCUT2D eigenvalue weighted by Crippen LogP contribution is 2.37. The summed E-state index contributed by atoms with van der Waals surface area (Å²) in [6, 6.07) is 0. The molecule has 19 heavy (non-hydrogen) atoms. The van der Waals surface area contributed by atoms with Crippen molar-refractivity contribution in [1.29, 1.82) is 0 Å². The SMILES string of the molecule is C[C@H]1C[C@H](n2cc(Br)c3c(N)ncnc32)O[C@@H]1C=O. The molecule has 0 aliphatic carbocycles. The Hall–Kier alpha value is -1.47. The molecule has 6 nitrogen and oxygen atoms in total. The first-order valence-electron chi connectivity index (χ1n) is 5.99. The first-order valence-corrected chi connectivity index (χ1v) is 6.78. The molecule has 0 saturated carbocycles. The molecule has 7 heteroatoms. The van der Waals surface area contributed by atoms with Crippen LogP contribution in [0, 0.1) is 5.92 Å². The lowest BCUT2D eigenvalue weighted by atomic mass is 10.0. The number of halogens is 1. The molecular formula is C12H13BrN4O2. The Morgan fingerprint density at radius 1 is 1.58 bits per heavy atom. The van der Waals surface area contributed by atoms with Crippen LogP contribution in [-0.2, 0) is 9.53 Å². The van der Waals surface area contributed by atoms with E-state index in [-0.39, 0.29) is 18.2 Å². The number of carbonyl (C=O) groups excluding carboxylic acids is 1. The van der Waals surface area contributed by atoms with E-state index >= 15 is 0 Å². The summed E-state index contributed by atoms with van der Waals surface area (Å²) in [5.74, 6) is 0.617. The number of nitrogen functional groups attached to an aromatic ring is 1. The maximum absolute atomic E-state index is 10.9. The van der Waals surface area contributed by atoms with Crippen LogP contribution < -0.4 is 5.73 Å². The van der Waals surface area contributed by atoms with Crippen LogP contribution in [0.15, 0.2) is 17.0 Å². The zero-order chi connectivity index (χ0) is 13.6. The standard InChI is InChI=1S/C12H13BrN4O2/c1-6-2-9(19-8(6)4-18)17-3-7(13)10-11(14)15-5-16-12(10)17/h3-6,8-9H,2H2,1H3,(H2,14,15,16)/t6-,8+,9+/m0/s1. The largest absolute Gasteiger partial charge is 0.383 e. The molecule has 2 aromatic heterocycles. The van der Waals surface area contributed by atoms with Crippen molar-refractivity contribution in [2.24, 2.45) is 5.92 Å². The van der Waals surface area contributed by atoms with E-state index in [2.05, 4.69) is 25.9 Å². The third-order valence-electron chi connectivity index (χ3n) is 3.49. The van der Waals surface area contributed by atoms with Crippen molar-refractivity contribution in [3.05, 3.63) is 17.0 Å². The van der Waals surface area contributed by atoms with Gasteiger partial charge in [0.2, 0.25) is 0 Å². The molecule has 100 valence electrons. The van der Waals surface area contributed by atoms with Crippen molar-refractivity contribution in [3.8, 4) is 0 Å². The van der Waals surface area contributed by atoms with E-state index in [0.717, 1.165) is 22.6 Å². The molecule has 3 atom stereocenters. The van der Waals surface area contributed by atoms with Crippen LogP contribution in [0.1, 0.15) is 19.6 Å². The second kappa shape index (κ2) is 4.57. The van der Waals surface area contributed by atoms with Gasteiger partial charge in [-0.25, -0.2) is 9.97 Å². The topological polar surface area (TPSA) is 83.0 Å². The van der Waals surface area contributed by atoms with E-state index in [0.29, 0.717) is 11.5 Å². The summed E-state index contributed by atoms with van der Waals surface area (Å²) in [5, 5.41) is 0.772. The number of carbonyl (C=O) groups is 1. The van der Waals surface area contributed by atoms with Gasteiger partial charge in [0, 0.05) is 10.7 Å². The number of anilines is 1. The minimum Gasteiger partial charge on any atom is -0.383 e. The minimum absolute atomic E-state index is 0.193. The Kier molecular flexibility index (Phi) is 3.02. The number of aromatic nitrogens is 3. The highest BCUT2D eigenvalue weighted by Gasteiger charge is 2.34. The van der Waals surface area contributed by atoms with Gasteiger partial charge in [0.15, 0.2) is 0 Å². The summed E-state index contributed by atoms with van der Waals surface area (Å²) in [4.78, 5) is 19.2. The predicted octanol–water partition coefficient (Wildman–Crippen LogP) is 1.90. The molecule has 3 rings (SSSR count). The number of ether oxygens (including phenoxy) is 1. The average molecular weight is 325 g/mol. The molecular weight excluding hydrogens is 312 g/mol. The molecule has 1 fully saturated rings. The van der Waals surface area contributed by atoms with Crippen LogP contribution in [0.4, 0.5) is 5.82 Å². The van der Waals surface area contributed by atoms with Gasteiger partial charge in [0.25, 0.3) is 0 Å². The monoisotopic (exact) mass is 324 g/mol. The Morgan fingerprint density at radius 3 is 3.05 bits per heavy atom. The maximum atomic E-state index is 10.9. The van der Waals surface area contributed by atoms with Gasteiger partial charge in [-0.15, -0.1) is 0 Å². The van der Waals surface area contributed by atoms with Crippen LogP contribution in [0.3, 0.4) is 0 Å². The van der Waals surface area contributed by atoms with Crippen molar-refractivity contribution in [2.75, 3.05) is 5.73 Å². The van der Waals surface area contributed by atoms with E-state index in [1.54, 1.807) is 0 Å². The number of hydrogen-bond donors (Lipinski definition) is 1. The fourth-order valence-electron chi connectivity index (χ4n) is 2.45. The fraction of sp³-hybridized carbons (Fsp3) is 0.417. The van der Waals surface area contributed by atoms with E-state index in [1.165, 1.54) is 6.33 Å². The molecule has 0 amide bonds. The minimum atomic E-state index is -0.361. The van der Waals surface area contributed by atoms with Gasteiger partial charge in [0.1, 0.15) is 36.4 Å². The number of rotatable bonds is 2. The van der Waals surface area contributed by atoms with Crippen molar-refractivity contribution in [2.45, 2.75) is 25.7 Å². The van der Waals surface area contributed by atoms with E-state index in [4.69, 9.17) is 10.5 Å². The van der Waals surface area contributed by atoms with Crippen molar-refractivity contribution < 1.29 is 9.53 Å². The highest BCUT2D eigenvalue weighted by atomic mass is 79.9. The van der Waals surface area contributed by atoms with Crippen LogP contribution in [0.2, 0.25) is 0 Å². The summed E-state index contributed by atoms with van der Waals surface area (Å²) in [6.07, 6.45) is 4.36. The van der Waals surface area contributed by atoms with Crippen molar-refractivity contribution in [1.82, 2.24) is 14.5 Å². The first kappa shape index (κ1) is 12.6. The van der Waals surface area contributed by atoms with E-state index < -0.39 is 0 Å². The summed E-state index contributed by atoms with van der Waals surface area (Å²) < 4.78 is 8.47. The van der Waals surface area contributed by atoms with Gasteiger partial charge in [-0.1, -0.05) is 6.92 Å². The molecule has 3 heterocycles. The molecule has 1 saturated heterocycles. The molecule has 2 N–H and O–H groups in total. The number of fused-ring (bicyclic) bond motifs is 1. The van der Waals surface area contributed by atoms with E-state index in [1.807, 2.05) is 17.7 Å². The Morgan fingerprint density at radius 2 is 2.37 bits per heavy atom. The normalized spacial score (nSPS) is 26.9. The number of nitrogens with zero attached hydrogens (tertiary/aromatic N) is 3. The third kappa shape index (κ3) is 1.93. The summed E-state index contributed by atoms with van der Waals surface area (Å²) in [6.45, 7) is 2.00. The smallest absolute Gasteiger partial charge is 0.149 e. The van der Waals surface area contributed by atoms with Gasteiger partial charge in [-0.3, -0.25) is 0 Å². The van der Waals surface area contributed by atoms with Crippen molar-refractivity contribution in [3.63, 3.8) is 0 Å². The van der Waals surface area contributed by atoms with Gasteiger partial charge in [-0.2, -0.15) is 0 Å². The van der Waals surface area contributed by atoms with Gasteiger partial charge >= 0.3 is 0 Å². The molecule has 0 bridgehead atoms. The van der Waals surface area contributed by atoms with Crippen molar-refractivity contribution >= 4 is 39.1 Å². The lowest BCUT2D eigenvalue weighted by Crippen LogP contribution is -2.15. The molecule has 1 aliphatic heterocycles. The zero-order valence-electron chi connectivity index (χ0n) is 10.3. The molecule has 0 aromatic carbocycles.